The molecule has 1 fully saturated rings. The molecule has 6 heteroatoms. The molecule has 3 aromatic carbocycles. The van der Waals surface area contributed by atoms with Gasteiger partial charge in [0.2, 0.25) is 0 Å². The van der Waals surface area contributed by atoms with Crippen LogP contribution in [0.1, 0.15) is 32.2 Å². The summed E-state index contributed by atoms with van der Waals surface area (Å²) < 4.78 is 13.3. The van der Waals surface area contributed by atoms with Crippen LogP contribution >= 0.6 is 0 Å². The predicted octanol–water partition coefficient (Wildman–Crippen LogP) is 3.46. The van der Waals surface area contributed by atoms with E-state index >= 15 is 0 Å². The Hall–Kier alpha value is -3.51. The fraction of sp³-hybridized carbons (Fsp3) is 0.200. The molecule has 0 saturated carbocycles. The minimum Gasteiger partial charge on any atom is -0.394 e. The van der Waals surface area contributed by atoms with Gasteiger partial charge in [0.1, 0.15) is 5.82 Å². The van der Waals surface area contributed by atoms with Gasteiger partial charge in [-0.25, -0.2) is 4.39 Å². The van der Waals surface area contributed by atoms with Gasteiger partial charge in [0.15, 0.2) is 0 Å². The Morgan fingerprint density at radius 1 is 0.871 bits per heavy atom. The molecule has 0 aromatic heterocycles. The second-order valence-corrected chi connectivity index (χ2v) is 7.90. The lowest BCUT2D eigenvalue weighted by Crippen LogP contribution is -2.70. The Balaban J connectivity index is 1.53. The van der Waals surface area contributed by atoms with Gasteiger partial charge in [-0.05, 0) is 48.0 Å². The molecule has 3 aromatic rings. The van der Waals surface area contributed by atoms with E-state index in [1.165, 1.54) is 24.3 Å². The smallest absolute Gasteiger partial charge is 0.258 e. The lowest BCUT2D eigenvalue weighted by molar-refractivity contribution is -0.0246. The van der Waals surface area contributed by atoms with Crippen molar-refractivity contribution in [3.05, 3.63) is 101 Å². The zero-order valence-corrected chi connectivity index (χ0v) is 16.7. The zero-order valence-electron chi connectivity index (χ0n) is 16.7. The number of nitrogens with zero attached hydrogens (tertiary/aromatic N) is 2. The Kier molecular flexibility index (Phi) is 4.79. The SMILES string of the molecule is O=C(c1ccc(F)cc1)N1C[C@@H]2[C@H](c3ccccc31)[C@@H](CO)N2C(=O)c1ccccc1. The lowest BCUT2D eigenvalue weighted by atomic mass is 9.71. The van der Waals surface area contributed by atoms with Crippen molar-refractivity contribution in [2.45, 2.75) is 18.0 Å². The maximum absolute atomic E-state index is 13.3. The Labute approximate surface area is 179 Å². The molecule has 0 aliphatic carbocycles. The summed E-state index contributed by atoms with van der Waals surface area (Å²) in [5.41, 5.74) is 2.64. The van der Waals surface area contributed by atoms with E-state index in [1.54, 1.807) is 34.1 Å². The van der Waals surface area contributed by atoms with E-state index in [-0.39, 0.29) is 36.4 Å². The highest BCUT2D eigenvalue weighted by Crippen LogP contribution is 2.48. The molecule has 3 atom stereocenters. The van der Waals surface area contributed by atoms with Crippen molar-refractivity contribution in [3.8, 4) is 0 Å². The molecule has 5 nitrogen and oxygen atoms in total. The van der Waals surface area contributed by atoms with Crippen molar-refractivity contribution < 1.29 is 19.1 Å². The molecule has 156 valence electrons. The van der Waals surface area contributed by atoms with Gasteiger partial charge in [0.25, 0.3) is 11.8 Å². The molecule has 5 rings (SSSR count). The van der Waals surface area contributed by atoms with Gasteiger partial charge in [-0.2, -0.15) is 0 Å². The first-order valence-electron chi connectivity index (χ1n) is 10.2. The molecule has 2 amide bonds. The van der Waals surface area contributed by atoms with Crippen LogP contribution in [0.3, 0.4) is 0 Å². The number of rotatable bonds is 3. The van der Waals surface area contributed by atoms with Crippen LogP contribution in [-0.2, 0) is 0 Å². The first-order valence-corrected chi connectivity index (χ1v) is 10.2. The molecule has 31 heavy (non-hydrogen) atoms. The second kappa shape index (κ2) is 7.63. The van der Waals surface area contributed by atoms with Crippen LogP contribution in [0.15, 0.2) is 78.9 Å². The van der Waals surface area contributed by atoms with Gasteiger partial charge in [0.05, 0.1) is 18.7 Å². The number of anilines is 1. The third kappa shape index (κ3) is 3.11. The van der Waals surface area contributed by atoms with E-state index < -0.39 is 5.82 Å². The van der Waals surface area contributed by atoms with Crippen molar-refractivity contribution in [2.75, 3.05) is 18.1 Å². The monoisotopic (exact) mass is 416 g/mol. The van der Waals surface area contributed by atoms with E-state index in [2.05, 4.69) is 0 Å². The highest BCUT2D eigenvalue weighted by atomic mass is 19.1. The van der Waals surface area contributed by atoms with Gasteiger partial charge >= 0.3 is 0 Å². The highest BCUT2D eigenvalue weighted by molar-refractivity contribution is 6.07. The Morgan fingerprint density at radius 2 is 1.52 bits per heavy atom. The van der Waals surface area contributed by atoms with E-state index in [1.807, 2.05) is 30.3 Å². The topological polar surface area (TPSA) is 60.9 Å². The van der Waals surface area contributed by atoms with Gasteiger partial charge in [0, 0.05) is 29.3 Å². The Bertz CT molecular complexity index is 1130. The van der Waals surface area contributed by atoms with E-state index in [9.17, 15) is 19.1 Å². The van der Waals surface area contributed by atoms with Crippen molar-refractivity contribution in [3.63, 3.8) is 0 Å². The summed E-state index contributed by atoms with van der Waals surface area (Å²) in [7, 11) is 0. The first kappa shape index (κ1) is 19.5. The summed E-state index contributed by atoms with van der Waals surface area (Å²) in [6, 6.07) is 21.4. The van der Waals surface area contributed by atoms with Gasteiger partial charge in [-0.1, -0.05) is 36.4 Å². The average molecular weight is 416 g/mol. The third-order valence-electron chi connectivity index (χ3n) is 6.28. The zero-order chi connectivity index (χ0) is 21.5. The molecule has 2 aliphatic rings. The van der Waals surface area contributed by atoms with Gasteiger partial charge in [-0.3, -0.25) is 9.59 Å². The number of amides is 2. The normalized spacial score (nSPS) is 21.7. The minimum atomic E-state index is -0.403. The molecule has 2 aliphatic heterocycles. The number of aliphatic hydroxyl groups is 1. The summed E-state index contributed by atoms with van der Waals surface area (Å²) >= 11 is 0. The third-order valence-corrected chi connectivity index (χ3v) is 6.28. The molecular weight excluding hydrogens is 395 g/mol. The van der Waals surface area contributed by atoms with Crippen molar-refractivity contribution >= 4 is 17.5 Å². The molecule has 0 radical (unpaired) electrons. The highest BCUT2D eigenvalue weighted by Gasteiger charge is 2.55. The van der Waals surface area contributed by atoms with Crippen LogP contribution in [0.2, 0.25) is 0 Å². The number of halogens is 1. The Morgan fingerprint density at radius 3 is 2.23 bits per heavy atom. The maximum atomic E-state index is 13.3. The summed E-state index contributed by atoms with van der Waals surface area (Å²) in [4.78, 5) is 29.9. The molecule has 0 spiro atoms. The molecule has 2 heterocycles. The van der Waals surface area contributed by atoms with Crippen LogP contribution in [0.5, 0.6) is 0 Å². The maximum Gasteiger partial charge on any atom is 0.258 e. The number of fused-ring (bicyclic) bond motifs is 3. The van der Waals surface area contributed by atoms with Crippen molar-refractivity contribution in [1.29, 1.82) is 0 Å². The minimum absolute atomic E-state index is 0.0499. The van der Waals surface area contributed by atoms with Crippen molar-refractivity contribution in [1.82, 2.24) is 4.90 Å². The molecule has 0 bridgehead atoms. The fourth-order valence-electron chi connectivity index (χ4n) is 4.84. The number of carbonyl (C=O) groups excluding carboxylic acids is 2. The number of aliphatic hydroxyl groups excluding tert-OH is 1. The summed E-state index contributed by atoms with van der Waals surface area (Å²) in [6.07, 6.45) is 0. The average Bonchev–Trinajstić information content (AvgIpc) is 2.80. The predicted molar refractivity (Wildman–Crippen MR) is 115 cm³/mol. The number of likely N-dealkylation sites (tertiary alicyclic amines) is 1. The van der Waals surface area contributed by atoms with Crippen LogP contribution in [0.25, 0.3) is 0 Å². The van der Waals surface area contributed by atoms with Crippen LogP contribution in [-0.4, -0.2) is 47.1 Å². The van der Waals surface area contributed by atoms with Gasteiger partial charge < -0.3 is 14.9 Å². The second-order valence-electron chi connectivity index (χ2n) is 7.90. The van der Waals surface area contributed by atoms with E-state index in [0.717, 1.165) is 11.3 Å². The van der Waals surface area contributed by atoms with Crippen LogP contribution < -0.4 is 4.90 Å². The molecule has 1 saturated heterocycles. The molecule has 1 N–H and O–H groups in total. The summed E-state index contributed by atoms with van der Waals surface area (Å²) in [5, 5.41) is 10.1. The van der Waals surface area contributed by atoms with Crippen LogP contribution in [0.4, 0.5) is 10.1 Å². The number of hydrogen-bond donors (Lipinski definition) is 1. The quantitative estimate of drug-likeness (QED) is 0.712. The first-order chi connectivity index (χ1) is 15.1. The fourth-order valence-corrected chi connectivity index (χ4v) is 4.84. The molecule has 0 unspecified atom stereocenters. The standard InChI is InChI=1S/C25H21FN2O3/c26-18-12-10-17(11-13-18)24(30)27-14-21-23(19-8-4-5-9-20(19)27)22(15-29)28(21)25(31)16-6-2-1-3-7-16/h1-13,21-23,29H,14-15H2/t21-,22-,23+/m1/s1. The largest absolute Gasteiger partial charge is 0.394 e. The van der Waals surface area contributed by atoms with Crippen LogP contribution in [0, 0.1) is 5.82 Å². The number of para-hydroxylation sites is 1. The van der Waals surface area contributed by atoms with E-state index in [4.69, 9.17) is 0 Å². The number of hydrogen-bond acceptors (Lipinski definition) is 3. The summed E-state index contributed by atoms with van der Waals surface area (Å²) in [6.45, 7) is 0.160. The van der Waals surface area contributed by atoms with E-state index in [0.29, 0.717) is 17.7 Å². The number of carbonyl (C=O) groups is 2. The summed E-state index contributed by atoms with van der Waals surface area (Å²) in [5.74, 6) is -0.855. The number of benzene rings is 3. The van der Waals surface area contributed by atoms with Gasteiger partial charge in [-0.15, -0.1) is 0 Å². The van der Waals surface area contributed by atoms with Crippen molar-refractivity contribution in [2.24, 2.45) is 0 Å². The lowest BCUT2D eigenvalue weighted by Gasteiger charge is -2.58. The molecular formula is C25H21FN2O3.